The van der Waals surface area contributed by atoms with Gasteiger partial charge in [0, 0.05) is 5.39 Å². The van der Waals surface area contributed by atoms with E-state index >= 15 is 0 Å². The summed E-state index contributed by atoms with van der Waals surface area (Å²) in [7, 11) is 0. The van der Waals surface area contributed by atoms with E-state index in [0.717, 1.165) is 17.1 Å². The molecule has 0 aliphatic carbocycles. The number of hydrogen-bond donors (Lipinski definition) is 1. The Morgan fingerprint density at radius 2 is 1.82 bits per heavy atom. The van der Waals surface area contributed by atoms with Gasteiger partial charge >= 0.3 is 0 Å². The molecule has 0 bridgehead atoms. The van der Waals surface area contributed by atoms with Crippen LogP contribution in [0.4, 0.5) is 5.69 Å². The molecule has 84 valence electrons. The van der Waals surface area contributed by atoms with Crippen molar-refractivity contribution in [2.75, 3.05) is 5.73 Å². The molecule has 3 rings (SSSR count). The van der Waals surface area contributed by atoms with Crippen molar-refractivity contribution in [1.29, 1.82) is 0 Å². The predicted octanol–water partition coefficient (Wildman–Crippen LogP) is 2.92. The standard InChI is InChI=1S/C14H13N3/c1-10-13(15)9-17(16-10)14-8-4-6-11-5-2-3-7-12(11)14/h2-9H,15H2,1H3. The lowest BCUT2D eigenvalue weighted by Gasteiger charge is -2.05. The quantitative estimate of drug-likeness (QED) is 0.689. The molecule has 0 aliphatic heterocycles. The van der Waals surface area contributed by atoms with Crippen LogP contribution in [0.25, 0.3) is 16.5 Å². The van der Waals surface area contributed by atoms with E-state index in [-0.39, 0.29) is 0 Å². The molecular weight excluding hydrogens is 210 g/mol. The molecule has 1 aromatic heterocycles. The molecule has 17 heavy (non-hydrogen) atoms. The van der Waals surface area contributed by atoms with Crippen molar-refractivity contribution in [3.63, 3.8) is 0 Å². The molecule has 0 spiro atoms. The number of fused-ring (bicyclic) bond motifs is 1. The van der Waals surface area contributed by atoms with Crippen LogP contribution in [0, 0.1) is 6.92 Å². The van der Waals surface area contributed by atoms with Gasteiger partial charge < -0.3 is 5.73 Å². The third-order valence-electron chi connectivity index (χ3n) is 2.95. The van der Waals surface area contributed by atoms with Gasteiger partial charge in [0.05, 0.1) is 23.3 Å². The van der Waals surface area contributed by atoms with E-state index in [2.05, 4.69) is 23.3 Å². The van der Waals surface area contributed by atoms with E-state index in [1.165, 1.54) is 10.8 Å². The highest BCUT2D eigenvalue weighted by atomic mass is 15.3. The van der Waals surface area contributed by atoms with Crippen molar-refractivity contribution in [1.82, 2.24) is 9.78 Å². The fourth-order valence-electron chi connectivity index (χ4n) is 2.00. The van der Waals surface area contributed by atoms with Gasteiger partial charge in [-0.1, -0.05) is 36.4 Å². The highest BCUT2D eigenvalue weighted by Gasteiger charge is 2.06. The van der Waals surface area contributed by atoms with Crippen LogP contribution in [-0.2, 0) is 0 Å². The molecule has 0 amide bonds. The lowest BCUT2D eigenvalue weighted by Crippen LogP contribution is -1.95. The van der Waals surface area contributed by atoms with Gasteiger partial charge in [0.2, 0.25) is 0 Å². The molecule has 0 saturated carbocycles. The first-order chi connectivity index (χ1) is 8.25. The van der Waals surface area contributed by atoms with Crippen LogP contribution in [0.1, 0.15) is 5.69 Å². The monoisotopic (exact) mass is 223 g/mol. The zero-order valence-corrected chi connectivity index (χ0v) is 9.59. The Hall–Kier alpha value is -2.29. The second kappa shape index (κ2) is 3.63. The smallest absolute Gasteiger partial charge is 0.0827 e. The molecule has 3 heteroatoms. The van der Waals surface area contributed by atoms with E-state index in [1.807, 2.05) is 42.1 Å². The van der Waals surface area contributed by atoms with Gasteiger partial charge in [-0.25, -0.2) is 4.68 Å². The van der Waals surface area contributed by atoms with Crippen LogP contribution in [0.3, 0.4) is 0 Å². The third kappa shape index (κ3) is 1.56. The van der Waals surface area contributed by atoms with E-state index in [9.17, 15) is 0 Å². The number of aromatic nitrogens is 2. The van der Waals surface area contributed by atoms with Crippen molar-refractivity contribution >= 4 is 16.5 Å². The van der Waals surface area contributed by atoms with Crippen LogP contribution < -0.4 is 5.73 Å². The van der Waals surface area contributed by atoms with E-state index in [1.54, 1.807) is 0 Å². The molecule has 0 atom stereocenters. The predicted molar refractivity (Wildman–Crippen MR) is 70.2 cm³/mol. The summed E-state index contributed by atoms with van der Waals surface area (Å²) in [6, 6.07) is 14.4. The van der Waals surface area contributed by atoms with E-state index in [0.29, 0.717) is 0 Å². The molecule has 0 radical (unpaired) electrons. The average molecular weight is 223 g/mol. The number of nitrogens with zero attached hydrogens (tertiary/aromatic N) is 2. The molecule has 0 fully saturated rings. The van der Waals surface area contributed by atoms with E-state index < -0.39 is 0 Å². The number of nitrogen functional groups attached to an aromatic ring is 1. The maximum absolute atomic E-state index is 5.84. The summed E-state index contributed by atoms with van der Waals surface area (Å²) in [4.78, 5) is 0. The first-order valence-electron chi connectivity index (χ1n) is 5.55. The van der Waals surface area contributed by atoms with Crippen molar-refractivity contribution in [3.05, 3.63) is 54.4 Å². The van der Waals surface area contributed by atoms with Crippen LogP contribution >= 0.6 is 0 Å². The Bertz CT molecular complexity index is 658. The number of rotatable bonds is 1. The lowest BCUT2D eigenvalue weighted by molar-refractivity contribution is 0.869. The largest absolute Gasteiger partial charge is 0.396 e. The second-order valence-electron chi connectivity index (χ2n) is 4.11. The molecule has 2 aromatic carbocycles. The van der Waals surface area contributed by atoms with Gasteiger partial charge in [-0.2, -0.15) is 5.10 Å². The summed E-state index contributed by atoms with van der Waals surface area (Å²) in [5.41, 5.74) is 8.48. The molecule has 3 aromatic rings. The summed E-state index contributed by atoms with van der Waals surface area (Å²) in [6.07, 6.45) is 1.86. The molecule has 0 saturated heterocycles. The van der Waals surface area contributed by atoms with Crippen LogP contribution in [0.15, 0.2) is 48.7 Å². The fraction of sp³-hybridized carbons (Fsp3) is 0.0714. The fourth-order valence-corrected chi connectivity index (χ4v) is 2.00. The Morgan fingerprint density at radius 3 is 2.59 bits per heavy atom. The van der Waals surface area contributed by atoms with Gasteiger partial charge in [0.25, 0.3) is 0 Å². The van der Waals surface area contributed by atoms with Crippen molar-refractivity contribution < 1.29 is 0 Å². The summed E-state index contributed by atoms with van der Waals surface area (Å²) in [5.74, 6) is 0. The Kier molecular flexibility index (Phi) is 2.11. The maximum atomic E-state index is 5.84. The molecule has 0 unspecified atom stereocenters. The minimum Gasteiger partial charge on any atom is -0.396 e. The number of benzene rings is 2. The van der Waals surface area contributed by atoms with Gasteiger partial charge in [-0.05, 0) is 18.4 Å². The highest BCUT2D eigenvalue weighted by Crippen LogP contribution is 2.22. The molecular formula is C14H13N3. The van der Waals surface area contributed by atoms with Crippen molar-refractivity contribution in [3.8, 4) is 5.69 Å². The summed E-state index contributed by atoms with van der Waals surface area (Å²) in [6.45, 7) is 1.91. The summed E-state index contributed by atoms with van der Waals surface area (Å²) < 4.78 is 1.84. The summed E-state index contributed by atoms with van der Waals surface area (Å²) in [5, 5.41) is 6.81. The number of hydrogen-bond acceptors (Lipinski definition) is 2. The number of aryl methyl sites for hydroxylation is 1. The Morgan fingerprint density at radius 1 is 1.06 bits per heavy atom. The molecule has 1 heterocycles. The van der Waals surface area contributed by atoms with Gasteiger partial charge in [-0.15, -0.1) is 0 Å². The zero-order valence-electron chi connectivity index (χ0n) is 9.59. The minimum atomic E-state index is 0.720. The van der Waals surface area contributed by atoms with Crippen LogP contribution in [-0.4, -0.2) is 9.78 Å². The molecule has 3 nitrogen and oxygen atoms in total. The molecule has 2 N–H and O–H groups in total. The van der Waals surface area contributed by atoms with Crippen LogP contribution in [0.5, 0.6) is 0 Å². The third-order valence-corrected chi connectivity index (χ3v) is 2.95. The maximum Gasteiger partial charge on any atom is 0.0827 e. The summed E-state index contributed by atoms with van der Waals surface area (Å²) >= 11 is 0. The van der Waals surface area contributed by atoms with Crippen molar-refractivity contribution in [2.24, 2.45) is 0 Å². The SMILES string of the molecule is Cc1nn(-c2cccc3ccccc23)cc1N. The van der Waals surface area contributed by atoms with Gasteiger partial charge in [-0.3, -0.25) is 0 Å². The number of anilines is 1. The highest BCUT2D eigenvalue weighted by molar-refractivity contribution is 5.90. The topological polar surface area (TPSA) is 43.8 Å². The number of nitrogens with two attached hydrogens (primary N) is 1. The normalized spacial score (nSPS) is 10.9. The second-order valence-corrected chi connectivity index (χ2v) is 4.11. The van der Waals surface area contributed by atoms with E-state index in [4.69, 9.17) is 5.73 Å². The molecule has 0 aliphatic rings. The first kappa shape index (κ1) is 9.90. The Labute approximate surface area is 99.5 Å². The van der Waals surface area contributed by atoms with Crippen molar-refractivity contribution in [2.45, 2.75) is 6.92 Å². The van der Waals surface area contributed by atoms with Gasteiger partial charge in [0.15, 0.2) is 0 Å². The lowest BCUT2D eigenvalue weighted by atomic mass is 10.1. The zero-order chi connectivity index (χ0) is 11.8. The minimum absolute atomic E-state index is 0.720. The first-order valence-corrected chi connectivity index (χ1v) is 5.55. The average Bonchev–Trinajstić information content (AvgIpc) is 2.69. The van der Waals surface area contributed by atoms with Crippen LogP contribution in [0.2, 0.25) is 0 Å². The Balaban J connectivity index is 2.30. The van der Waals surface area contributed by atoms with Gasteiger partial charge in [0.1, 0.15) is 0 Å².